The molecule has 5 rings (SSSR count). The minimum atomic E-state index is -0.0368. The molecule has 4 aromatic rings. The Morgan fingerprint density at radius 2 is 1.96 bits per heavy atom. The number of piperazine rings is 1. The molecule has 0 unspecified atom stereocenters. The minimum absolute atomic E-state index is 0.0368. The van der Waals surface area contributed by atoms with Gasteiger partial charge in [0, 0.05) is 36.9 Å². The maximum atomic E-state index is 12.8. The van der Waals surface area contributed by atoms with Crippen LogP contribution in [0, 0.1) is 0 Å². The Morgan fingerprint density at radius 1 is 1.11 bits per heavy atom. The number of benzene rings is 1. The zero-order valence-corrected chi connectivity index (χ0v) is 16.0. The lowest BCUT2D eigenvalue weighted by Crippen LogP contribution is -2.48. The molecule has 0 bridgehead atoms. The molecule has 1 aromatic carbocycles. The van der Waals surface area contributed by atoms with Gasteiger partial charge in [0.25, 0.3) is 5.91 Å². The molecule has 0 aliphatic carbocycles. The van der Waals surface area contributed by atoms with E-state index < -0.39 is 0 Å². The van der Waals surface area contributed by atoms with Crippen molar-refractivity contribution >= 4 is 28.2 Å². The standard InChI is InChI=1S/C21H19N3O3S/c25-21(19-12-15-4-1-2-5-17(15)27-19)24-9-7-23(8-10-24)13-20-22-16(14-28-20)18-6-3-11-26-18/h1-6,11-12,14H,7-10,13H2. The average molecular weight is 393 g/mol. The summed E-state index contributed by atoms with van der Waals surface area (Å²) in [5.74, 6) is 1.17. The molecule has 0 N–H and O–H groups in total. The number of thiazole rings is 1. The summed E-state index contributed by atoms with van der Waals surface area (Å²) in [7, 11) is 0. The van der Waals surface area contributed by atoms with Gasteiger partial charge in [-0.2, -0.15) is 0 Å². The van der Waals surface area contributed by atoms with Crippen LogP contribution in [0.25, 0.3) is 22.4 Å². The molecule has 1 aliphatic rings. The van der Waals surface area contributed by atoms with Crippen LogP contribution in [0.5, 0.6) is 0 Å². The molecule has 142 valence electrons. The van der Waals surface area contributed by atoms with E-state index in [0.717, 1.165) is 47.1 Å². The number of amides is 1. The van der Waals surface area contributed by atoms with Crippen LogP contribution in [0.3, 0.4) is 0 Å². The molecule has 1 aliphatic heterocycles. The first-order valence-electron chi connectivity index (χ1n) is 9.25. The highest BCUT2D eigenvalue weighted by Crippen LogP contribution is 2.24. The molecule has 6 nitrogen and oxygen atoms in total. The molecule has 0 radical (unpaired) electrons. The molecule has 0 spiro atoms. The molecule has 1 saturated heterocycles. The van der Waals surface area contributed by atoms with Crippen molar-refractivity contribution in [2.45, 2.75) is 6.54 Å². The lowest BCUT2D eigenvalue weighted by atomic mass is 10.2. The monoisotopic (exact) mass is 393 g/mol. The van der Waals surface area contributed by atoms with Gasteiger partial charge in [-0.25, -0.2) is 4.98 Å². The normalized spacial score (nSPS) is 15.4. The van der Waals surface area contributed by atoms with E-state index in [0.29, 0.717) is 18.8 Å². The van der Waals surface area contributed by atoms with Crippen molar-refractivity contribution in [3.63, 3.8) is 0 Å². The summed E-state index contributed by atoms with van der Waals surface area (Å²) in [4.78, 5) is 21.6. The van der Waals surface area contributed by atoms with Crippen LogP contribution in [0.2, 0.25) is 0 Å². The maximum Gasteiger partial charge on any atom is 0.289 e. The van der Waals surface area contributed by atoms with Gasteiger partial charge in [-0.15, -0.1) is 11.3 Å². The summed E-state index contributed by atoms with van der Waals surface area (Å²) in [6.07, 6.45) is 1.66. The molecule has 0 atom stereocenters. The number of aromatic nitrogens is 1. The van der Waals surface area contributed by atoms with E-state index in [9.17, 15) is 4.79 Å². The number of carbonyl (C=O) groups excluding carboxylic acids is 1. The highest BCUT2D eigenvalue weighted by molar-refractivity contribution is 7.09. The van der Waals surface area contributed by atoms with Crippen molar-refractivity contribution in [1.29, 1.82) is 0 Å². The number of hydrogen-bond donors (Lipinski definition) is 0. The smallest absolute Gasteiger partial charge is 0.289 e. The Bertz CT molecular complexity index is 1060. The maximum absolute atomic E-state index is 12.8. The zero-order valence-electron chi connectivity index (χ0n) is 15.2. The lowest BCUT2D eigenvalue weighted by molar-refractivity contribution is 0.0600. The van der Waals surface area contributed by atoms with Gasteiger partial charge >= 0.3 is 0 Å². The molecular formula is C21H19N3O3S. The summed E-state index contributed by atoms with van der Waals surface area (Å²) in [5.41, 5.74) is 1.63. The largest absolute Gasteiger partial charge is 0.463 e. The quantitative estimate of drug-likeness (QED) is 0.522. The fraction of sp³-hybridized carbons (Fsp3) is 0.238. The first-order chi connectivity index (χ1) is 13.8. The van der Waals surface area contributed by atoms with E-state index in [-0.39, 0.29) is 5.91 Å². The fourth-order valence-electron chi connectivity index (χ4n) is 3.46. The topological polar surface area (TPSA) is 62.7 Å². The van der Waals surface area contributed by atoms with Crippen molar-refractivity contribution in [1.82, 2.24) is 14.8 Å². The molecule has 1 fully saturated rings. The third-order valence-electron chi connectivity index (χ3n) is 4.98. The van der Waals surface area contributed by atoms with Gasteiger partial charge in [0.05, 0.1) is 12.8 Å². The van der Waals surface area contributed by atoms with E-state index in [1.54, 1.807) is 17.6 Å². The number of furan rings is 2. The Kier molecular flexibility index (Phi) is 4.46. The van der Waals surface area contributed by atoms with Crippen LogP contribution in [0.15, 0.2) is 62.9 Å². The van der Waals surface area contributed by atoms with Gasteiger partial charge in [0.15, 0.2) is 11.5 Å². The van der Waals surface area contributed by atoms with Gasteiger partial charge < -0.3 is 13.7 Å². The van der Waals surface area contributed by atoms with Crippen molar-refractivity contribution in [2.24, 2.45) is 0 Å². The Morgan fingerprint density at radius 3 is 2.75 bits per heavy atom. The van der Waals surface area contributed by atoms with Gasteiger partial charge in [-0.1, -0.05) is 18.2 Å². The molecular weight excluding hydrogens is 374 g/mol. The second kappa shape index (κ2) is 7.26. The van der Waals surface area contributed by atoms with Crippen LogP contribution >= 0.6 is 11.3 Å². The highest BCUT2D eigenvalue weighted by Gasteiger charge is 2.25. The fourth-order valence-corrected chi connectivity index (χ4v) is 4.29. The number of para-hydroxylation sites is 1. The average Bonchev–Trinajstić information content (AvgIpc) is 3.47. The molecule has 1 amide bonds. The van der Waals surface area contributed by atoms with E-state index in [1.165, 1.54) is 0 Å². The number of rotatable bonds is 4. The Balaban J connectivity index is 1.20. The second-order valence-corrected chi connectivity index (χ2v) is 7.76. The summed E-state index contributed by atoms with van der Waals surface area (Å²) >= 11 is 1.64. The predicted octanol–water partition coefficient (Wildman–Crippen LogP) is 4.11. The number of fused-ring (bicyclic) bond motifs is 1. The second-order valence-electron chi connectivity index (χ2n) is 6.82. The SMILES string of the molecule is O=C(c1cc2ccccc2o1)N1CCN(Cc2nc(-c3ccco3)cs2)CC1. The van der Waals surface area contributed by atoms with E-state index in [4.69, 9.17) is 8.83 Å². The lowest BCUT2D eigenvalue weighted by Gasteiger charge is -2.33. The van der Waals surface area contributed by atoms with Gasteiger partial charge in [-0.3, -0.25) is 9.69 Å². The van der Waals surface area contributed by atoms with Gasteiger partial charge in [0.2, 0.25) is 0 Å². The third-order valence-corrected chi connectivity index (χ3v) is 5.81. The van der Waals surface area contributed by atoms with E-state index >= 15 is 0 Å². The van der Waals surface area contributed by atoms with Crippen LogP contribution < -0.4 is 0 Å². The summed E-state index contributed by atoms with van der Waals surface area (Å²) in [6, 6.07) is 13.3. The van der Waals surface area contributed by atoms with Crippen LogP contribution in [0.4, 0.5) is 0 Å². The summed E-state index contributed by atoms with van der Waals surface area (Å²) in [5, 5.41) is 4.04. The third kappa shape index (κ3) is 3.34. The number of nitrogens with zero attached hydrogens (tertiary/aromatic N) is 3. The van der Waals surface area contributed by atoms with Crippen LogP contribution in [-0.2, 0) is 6.54 Å². The summed E-state index contributed by atoms with van der Waals surface area (Å²) < 4.78 is 11.1. The van der Waals surface area contributed by atoms with Gasteiger partial charge in [-0.05, 0) is 24.3 Å². The highest BCUT2D eigenvalue weighted by atomic mass is 32.1. The number of hydrogen-bond acceptors (Lipinski definition) is 6. The zero-order chi connectivity index (χ0) is 18.9. The predicted molar refractivity (Wildman–Crippen MR) is 107 cm³/mol. The molecule has 4 heterocycles. The van der Waals surface area contributed by atoms with Gasteiger partial charge in [0.1, 0.15) is 16.3 Å². The van der Waals surface area contributed by atoms with Crippen molar-refractivity contribution < 1.29 is 13.6 Å². The first kappa shape index (κ1) is 17.2. The minimum Gasteiger partial charge on any atom is -0.463 e. The van der Waals surface area contributed by atoms with E-state index in [1.807, 2.05) is 52.7 Å². The Hall–Kier alpha value is -2.90. The van der Waals surface area contributed by atoms with E-state index in [2.05, 4.69) is 9.88 Å². The van der Waals surface area contributed by atoms with Crippen molar-refractivity contribution in [3.05, 3.63) is 64.9 Å². The van der Waals surface area contributed by atoms with Crippen molar-refractivity contribution in [3.8, 4) is 11.5 Å². The molecule has 7 heteroatoms. The molecule has 28 heavy (non-hydrogen) atoms. The van der Waals surface area contributed by atoms with Crippen molar-refractivity contribution in [2.75, 3.05) is 26.2 Å². The number of carbonyl (C=O) groups is 1. The van der Waals surface area contributed by atoms with Crippen LogP contribution in [0.1, 0.15) is 15.6 Å². The molecule has 0 saturated carbocycles. The Labute approximate surface area is 166 Å². The summed E-state index contributed by atoms with van der Waals surface area (Å²) in [6.45, 7) is 3.81. The van der Waals surface area contributed by atoms with Crippen LogP contribution in [-0.4, -0.2) is 46.9 Å². The molecule has 3 aromatic heterocycles. The first-order valence-corrected chi connectivity index (χ1v) is 10.1.